The first kappa shape index (κ1) is 10.8. The topological polar surface area (TPSA) is 29.5 Å². The lowest BCUT2D eigenvalue weighted by molar-refractivity contribution is 0.318. The van der Waals surface area contributed by atoms with Crippen molar-refractivity contribution in [1.29, 1.82) is 0 Å². The predicted octanol–water partition coefficient (Wildman–Crippen LogP) is 2.82. The molecule has 0 radical (unpaired) electrons. The molecule has 0 aliphatic heterocycles. The molecule has 12 heavy (non-hydrogen) atoms. The van der Waals surface area contributed by atoms with Crippen LogP contribution in [0.15, 0.2) is 24.3 Å². The van der Waals surface area contributed by atoms with Gasteiger partial charge in [-0.1, -0.05) is 26.0 Å². The number of hydrogen-bond donors (Lipinski definition) is 1. The summed E-state index contributed by atoms with van der Waals surface area (Å²) in [5.74, 6) is 0.745. The molecule has 0 spiro atoms. The third-order valence-corrected chi connectivity index (χ3v) is 1.17. The van der Waals surface area contributed by atoms with Crippen LogP contribution in [0.1, 0.15) is 20.8 Å². The van der Waals surface area contributed by atoms with E-state index in [1.807, 2.05) is 26.8 Å². The Morgan fingerprint density at radius 2 is 1.83 bits per heavy atom. The zero-order valence-corrected chi connectivity index (χ0v) is 7.87. The first-order chi connectivity index (χ1) is 5.84. The summed E-state index contributed by atoms with van der Waals surface area (Å²) in [6.45, 7) is 6.46. The van der Waals surface area contributed by atoms with Gasteiger partial charge in [-0.05, 0) is 19.1 Å². The van der Waals surface area contributed by atoms with Crippen molar-refractivity contribution in [3.63, 3.8) is 0 Å². The van der Waals surface area contributed by atoms with E-state index >= 15 is 0 Å². The predicted molar refractivity (Wildman–Crippen MR) is 50.6 cm³/mol. The molecule has 0 heterocycles. The number of aromatic hydroxyl groups is 1. The third-order valence-electron chi connectivity index (χ3n) is 1.17. The van der Waals surface area contributed by atoms with Crippen LogP contribution in [0.5, 0.6) is 11.5 Å². The van der Waals surface area contributed by atoms with Gasteiger partial charge in [-0.3, -0.25) is 0 Å². The van der Waals surface area contributed by atoms with Crippen molar-refractivity contribution in [3.8, 4) is 11.5 Å². The summed E-state index contributed by atoms with van der Waals surface area (Å²) < 4.78 is 5.09. The molecule has 68 valence electrons. The highest BCUT2D eigenvalue weighted by atomic mass is 16.5. The van der Waals surface area contributed by atoms with Crippen molar-refractivity contribution in [3.05, 3.63) is 24.3 Å². The number of phenols is 1. The van der Waals surface area contributed by atoms with Gasteiger partial charge in [-0.15, -0.1) is 0 Å². The maximum absolute atomic E-state index is 9.12. The monoisotopic (exact) mass is 168 g/mol. The summed E-state index contributed by atoms with van der Waals surface area (Å²) in [5.41, 5.74) is 0. The van der Waals surface area contributed by atoms with Crippen LogP contribution in [0.3, 0.4) is 0 Å². The first-order valence-electron chi connectivity index (χ1n) is 4.25. The van der Waals surface area contributed by atoms with Crippen LogP contribution in [0.2, 0.25) is 0 Å². The first-order valence-corrected chi connectivity index (χ1v) is 4.25. The summed E-state index contributed by atoms with van der Waals surface area (Å²) >= 11 is 0. The van der Waals surface area contributed by atoms with Crippen molar-refractivity contribution in [1.82, 2.24) is 0 Å². The molecule has 0 bridgehead atoms. The standard InChI is InChI=1S/C8H10O2.C2H6/c1-2-10-8-6-4-3-5-7(8)9;1-2/h3-6,9H,2H2,1H3;1-2H3. The van der Waals surface area contributed by atoms with Gasteiger partial charge in [0, 0.05) is 0 Å². The Bertz CT molecular complexity index is 209. The lowest BCUT2D eigenvalue weighted by Gasteiger charge is -2.02. The third kappa shape index (κ3) is 3.28. The van der Waals surface area contributed by atoms with Gasteiger partial charge < -0.3 is 9.84 Å². The van der Waals surface area contributed by atoms with Crippen LogP contribution >= 0.6 is 0 Å². The molecule has 1 rings (SSSR count). The summed E-state index contributed by atoms with van der Waals surface area (Å²) in [4.78, 5) is 0. The SMILES string of the molecule is CC.CCOc1ccccc1O. The Balaban J connectivity index is 0.000000561. The van der Waals surface area contributed by atoms with Crippen LogP contribution in [0.25, 0.3) is 0 Å². The fourth-order valence-corrected chi connectivity index (χ4v) is 0.735. The second-order valence-corrected chi connectivity index (χ2v) is 1.90. The van der Waals surface area contributed by atoms with Gasteiger partial charge in [0.05, 0.1) is 6.61 Å². The maximum atomic E-state index is 9.12. The highest BCUT2D eigenvalue weighted by Gasteiger charge is 1.96. The van der Waals surface area contributed by atoms with Crippen LogP contribution in [-0.4, -0.2) is 11.7 Å². The summed E-state index contributed by atoms with van der Waals surface area (Å²) in [6.07, 6.45) is 0. The lowest BCUT2D eigenvalue weighted by atomic mass is 10.3. The van der Waals surface area contributed by atoms with Crippen LogP contribution < -0.4 is 4.74 Å². The van der Waals surface area contributed by atoms with E-state index in [1.165, 1.54) is 0 Å². The number of benzene rings is 1. The molecule has 2 nitrogen and oxygen atoms in total. The number of rotatable bonds is 2. The van der Waals surface area contributed by atoms with Crippen molar-refractivity contribution in [2.24, 2.45) is 0 Å². The summed E-state index contributed by atoms with van der Waals surface area (Å²) in [5, 5.41) is 9.12. The van der Waals surface area contributed by atoms with E-state index in [-0.39, 0.29) is 5.75 Å². The lowest BCUT2D eigenvalue weighted by Crippen LogP contribution is -1.90. The molecular weight excluding hydrogens is 152 g/mol. The Kier molecular flexibility index (Phi) is 5.88. The van der Waals surface area contributed by atoms with E-state index in [2.05, 4.69) is 0 Å². The minimum absolute atomic E-state index is 0.198. The van der Waals surface area contributed by atoms with Gasteiger partial charge in [0.25, 0.3) is 0 Å². The second-order valence-electron chi connectivity index (χ2n) is 1.90. The fraction of sp³-hybridized carbons (Fsp3) is 0.400. The van der Waals surface area contributed by atoms with Gasteiger partial charge in [0.2, 0.25) is 0 Å². The average molecular weight is 168 g/mol. The van der Waals surface area contributed by atoms with Crippen molar-refractivity contribution >= 4 is 0 Å². The van der Waals surface area contributed by atoms with Crippen molar-refractivity contribution in [2.75, 3.05) is 6.61 Å². The number of phenolic OH excluding ortho intramolecular Hbond substituents is 1. The van der Waals surface area contributed by atoms with E-state index in [9.17, 15) is 0 Å². The Morgan fingerprint density at radius 1 is 1.25 bits per heavy atom. The molecule has 0 amide bonds. The van der Waals surface area contributed by atoms with Gasteiger partial charge >= 0.3 is 0 Å². The minimum atomic E-state index is 0.198. The number of hydrogen-bond acceptors (Lipinski definition) is 2. The molecule has 0 fully saturated rings. The molecular formula is C10H16O2. The van der Waals surface area contributed by atoms with Crippen molar-refractivity contribution < 1.29 is 9.84 Å². The van der Waals surface area contributed by atoms with Crippen molar-refractivity contribution in [2.45, 2.75) is 20.8 Å². The maximum Gasteiger partial charge on any atom is 0.160 e. The fourth-order valence-electron chi connectivity index (χ4n) is 0.735. The van der Waals surface area contributed by atoms with Gasteiger partial charge in [0.15, 0.2) is 11.5 Å². The summed E-state index contributed by atoms with van der Waals surface area (Å²) in [6, 6.07) is 6.92. The molecule has 2 heteroatoms. The molecule has 1 aromatic rings. The zero-order chi connectivity index (χ0) is 9.40. The minimum Gasteiger partial charge on any atom is -0.504 e. The largest absolute Gasteiger partial charge is 0.504 e. The quantitative estimate of drug-likeness (QED) is 0.735. The molecule has 0 saturated carbocycles. The normalized spacial score (nSPS) is 8.25. The molecule has 0 aliphatic carbocycles. The highest BCUT2D eigenvalue weighted by molar-refractivity contribution is 5.37. The highest BCUT2D eigenvalue weighted by Crippen LogP contribution is 2.23. The Labute approximate surface area is 73.8 Å². The van der Waals surface area contributed by atoms with Crippen LogP contribution in [0.4, 0.5) is 0 Å². The smallest absolute Gasteiger partial charge is 0.160 e. The molecule has 1 aromatic carbocycles. The molecule has 0 aromatic heterocycles. The summed E-state index contributed by atoms with van der Waals surface area (Å²) in [7, 11) is 0. The number of ether oxygens (including phenoxy) is 1. The second kappa shape index (κ2) is 6.53. The van der Waals surface area contributed by atoms with Crippen LogP contribution in [0, 0.1) is 0 Å². The Hall–Kier alpha value is -1.18. The van der Waals surface area contributed by atoms with E-state index in [0.29, 0.717) is 12.4 Å². The van der Waals surface area contributed by atoms with Gasteiger partial charge in [0.1, 0.15) is 0 Å². The molecule has 0 saturated heterocycles. The number of para-hydroxylation sites is 2. The molecule has 0 aliphatic rings. The van der Waals surface area contributed by atoms with E-state index in [0.717, 1.165) is 0 Å². The van der Waals surface area contributed by atoms with Gasteiger partial charge in [-0.2, -0.15) is 0 Å². The zero-order valence-electron chi connectivity index (χ0n) is 7.87. The van der Waals surface area contributed by atoms with Crippen LogP contribution in [-0.2, 0) is 0 Å². The van der Waals surface area contributed by atoms with E-state index in [1.54, 1.807) is 18.2 Å². The van der Waals surface area contributed by atoms with E-state index in [4.69, 9.17) is 9.84 Å². The van der Waals surface area contributed by atoms with E-state index < -0.39 is 0 Å². The molecule has 0 atom stereocenters. The molecule has 0 unspecified atom stereocenters. The molecule has 1 N–H and O–H groups in total. The Morgan fingerprint density at radius 3 is 2.33 bits per heavy atom. The average Bonchev–Trinajstić information content (AvgIpc) is 2.13. The van der Waals surface area contributed by atoms with Gasteiger partial charge in [-0.25, -0.2) is 0 Å².